The minimum absolute atomic E-state index is 0.173. The quantitative estimate of drug-likeness (QED) is 0.655. The van der Waals surface area contributed by atoms with Crippen molar-refractivity contribution in [1.29, 1.82) is 0 Å². The van der Waals surface area contributed by atoms with Gasteiger partial charge in [0.15, 0.2) is 0 Å². The van der Waals surface area contributed by atoms with Crippen molar-refractivity contribution < 1.29 is 4.79 Å². The molecule has 0 heterocycles. The number of anilines is 2. The molecule has 3 nitrogen and oxygen atoms in total. The molecule has 1 saturated carbocycles. The van der Waals surface area contributed by atoms with Crippen LogP contribution in [0.2, 0.25) is 5.02 Å². The normalized spacial score (nSPS) is 26.5. The lowest BCUT2D eigenvalue weighted by molar-refractivity contribution is 0.257. The van der Waals surface area contributed by atoms with Crippen molar-refractivity contribution in [3.05, 3.63) is 29.3 Å². The lowest BCUT2D eigenvalue weighted by Crippen LogP contribution is -2.40. The Kier molecular flexibility index (Phi) is 4.18. The van der Waals surface area contributed by atoms with Crippen LogP contribution in [0.25, 0.3) is 0 Å². The molecule has 1 fully saturated rings. The van der Waals surface area contributed by atoms with Crippen LogP contribution in [-0.4, -0.2) is 12.0 Å². The third-order valence-electron chi connectivity index (χ3n) is 4.00. The van der Waals surface area contributed by atoms with Gasteiger partial charge in [-0.3, -0.25) is 0 Å². The highest BCUT2D eigenvalue weighted by atomic mass is 35.5. The summed E-state index contributed by atoms with van der Waals surface area (Å²) in [6.45, 7) is 2.09. The maximum Gasteiger partial charge on any atom is 0.120 e. The third-order valence-corrected chi connectivity index (χ3v) is 4.42. The van der Waals surface area contributed by atoms with Crippen LogP contribution in [0, 0.1) is 5.41 Å². The van der Waals surface area contributed by atoms with Gasteiger partial charge in [0, 0.05) is 17.5 Å². The van der Waals surface area contributed by atoms with Crippen molar-refractivity contribution in [2.75, 3.05) is 11.1 Å². The number of nitrogens with one attached hydrogen (secondary N) is 1. The third kappa shape index (κ3) is 2.94. The molecular weight excluding hydrogens is 260 g/mol. The first-order chi connectivity index (χ1) is 9.07. The first kappa shape index (κ1) is 14.0. The molecule has 0 amide bonds. The fraction of sp³-hybridized carbons (Fsp3) is 0.467. The molecule has 3 N–H and O–H groups in total. The summed E-state index contributed by atoms with van der Waals surface area (Å²) in [4.78, 5) is 10.7. The number of nitrogens with two attached hydrogens (primary N) is 1. The Morgan fingerprint density at radius 3 is 3.05 bits per heavy atom. The Hall–Kier alpha value is -1.44. The smallest absolute Gasteiger partial charge is 0.120 e. The highest BCUT2D eigenvalue weighted by molar-refractivity contribution is 6.35. The second kappa shape index (κ2) is 5.68. The standard InChI is InChI=1S/C15H19ClN2O/c1-15(9-10-19)8-3-2-7-13(15)18-12-6-4-5-11(17)14(12)16/h4-6,9,13,18H,2-3,7-8,17H2,1H3. The molecule has 2 rings (SSSR count). The van der Waals surface area contributed by atoms with Gasteiger partial charge in [0.2, 0.25) is 0 Å². The van der Waals surface area contributed by atoms with Gasteiger partial charge in [-0.1, -0.05) is 37.4 Å². The Morgan fingerprint density at radius 1 is 1.53 bits per heavy atom. The van der Waals surface area contributed by atoms with E-state index in [1.807, 2.05) is 18.1 Å². The van der Waals surface area contributed by atoms with Crippen LogP contribution in [0.4, 0.5) is 11.4 Å². The highest BCUT2D eigenvalue weighted by Crippen LogP contribution is 2.40. The van der Waals surface area contributed by atoms with Crippen molar-refractivity contribution in [2.24, 2.45) is 5.41 Å². The Labute approximate surface area is 118 Å². The monoisotopic (exact) mass is 278 g/mol. The van der Waals surface area contributed by atoms with E-state index in [2.05, 4.69) is 12.2 Å². The number of nitrogen functional groups attached to an aromatic ring is 1. The maximum absolute atomic E-state index is 10.7. The van der Waals surface area contributed by atoms with Gasteiger partial charge < -0.3 is 11.1 Å². The Bertz CT molecular complexity index is 511. The van der Waals surface area contributed by atoms with E-state index in [1.165, 1.54) is 0 Å². The molecule has 0 bridgehead atoms. The molecule has 0 radical (unpaired) electrons. The summed E-state index contributed by atoms with van der Waals surface area (Å²) >= 11 is 6.21. The number of hydrogen-bond donors (Lipinski definition) is 2. The average molecular weight is 279 g/mol. The summed E-state index contributed by atoms with van der Waals surface area (Å²) in [5.74, 6) is 1.95. The topological polar surface area (TPSA) is 55.1 Å². The lowest BCUT2D eigenvalue weighted by atomic mass is 9.71. The van der Waals surface area contributed by atoms with E-state index in [9.17, 15) is 4.79 Å². The molecule has 0 saturated heterocycles. The van der Waals surface area contributed by atoms with E-state index in [0.29, 0.717) is 10.7 Å². The van der Waals surface area contributed by atoms with Gasteiger partial charge >= 0.3 is 0 Å². The second-order valence-electron chi connectivity index (χ2n) is 5.42. The highest BCUT2D eigenvalue weighted by Gasteiger charge is 2.35. The second-order valence-corrected chi connectivity index (χ2v) is 5.80. The number of hydrogen-bond acceptors (Lipinski definition) is 3. The molecule has 0 aliphatic heterocycles. The van der Waals surface area contributed by atoms with E-state index < -0.39 is 0 Å². The molecule has 102 valence electrons. The summed E-state index contributed by atoms with van der Waals surface area (Å²) in [6.07, 6.45) is 5.93. The molecule has 1 aromatic rings. The predicted octanol–water partition coefficient (Wildman–Crippen LogP) is 3.67. The number of rotatable bonds is 3. The van der Waals surface area contributed by atoms with Crippen molar-refractivity contribution in [3.8, 4) is 0 Å². The number of halogens is 1. The van der Waals surface area contributed by atoms with Crippen LogP contribution in [0.1, 0.15) is 32.6 Å². The van der Waals surface area contributed by atoms with Crippen molar-refractivity contribution >= 4 is 28.9 Å². The van der Waals surface area contributed by atoms with E-state index >= 15 is 0 Å². The van der Waals surface area contributed by atoms with Crippen molar-refractivity contribution in [1.82, 2.24) is 0 Å². The summed E-state index contributed by atoms with van der Waals surface area (Å²) in [5.41, 5.74) is 7.03. The molecule has 19 heavy (non-hydrogen) atoms. The molecule has 1 aromatic carbocycles. The fourth-order valence-electron chi connectivity index (χ4n) is 2.75. The first-order valence-corrected chi connectivity index (χ1v) is 6.97. The zero-order valence-electron chi connectivity index (χ0n) is 11.1. The minimum atomic E-state index is -0.173. The van der Waals surface area contributed by atoms with Gasteiger partial charge in [-0.05, 0) is 25.0 Å². The molecule has 1 aliphatic rings. The molecule has 2 unspecified atom stereocenters. The van der Waals surface area contributed by atoms with E-state index in [-0.39, 0.29) is 11.5 Å². The molecular formula is C15H19ClN2O. The van der Waals surface area contributed by atoms with Crippen LogP contribution < -0.4 is 11.1 Å². The fourth-order valence-corrected chi connectivity index (χ4v) is 2.93. The Balaban J connectivity index is 2.25. The van der Waals surface area contributed by atoms with Crippen molar-refractivity contribution in [2.45, 2.75) is 38.6 Å². The van der Waals surface area contributed by atoms with Gasteiger partial charge in [0.1, 0.15) is 5.94 Å². The molecule has 0 aromatic heterocycles. The minimum Gasteiger partial charge on any atom is -0.397 e. The van der Waals surface area contributed by atoms with Gasteiger partial charge in [0.25, 0.3) is 0 Å². The maximum atomic E-state index is 10.7. The molecule has 2 atom stereocenters. The summed E-state index contributed by atoms with van der Waals surface area (Å²) < 4.78 is 0. The van der Waals surface area contributed by atoms with E-state index in [4.69, 9.17) is 17.3 Å². The van der Waals surface area contributed by atoms with Crippen LogP contribution >= 0.6 is 11.6 Å². The molecule has 0 spiro atoms. The van der Waals surface area contributed by atoms with Crippen LogP contribution in [0.5, 0.6) is 0 Å². The zero-order valence-corrected chi connectivity index (χ0v) is 11.8. The number of carbonyl (C=O) groups excluding carboxylic acids is 1. The van der Waals surface area contributed by atoms with Crippen molar-refractivity contribution in [3.63, 3.8) is 0 Å². The first-order valence-electron chi connectivity index (χ1n) is 6.59. The lowest BCUT2D eigenvalue weighted by Gasteiger charge is -2.39. The largest absolute Gasteiger partial charge is 0.397 e. The Morgan fingerprint density at radius 2 is 2.32 bits per heavy atom. The van der Waals surface area contributed by atoms with Gasteiger partial charge in [-0.15, -0.1) is 0 Å². The summed E-state index contributed by atoms with van der Waals surface area (Å²) in [5, 5.41) is 3.99. The zero-order chi connectivity index (χ0) is 13.9. The predicted molar refractivity (Wildman–Crippen MR) is 80.1 cm³/mol. The van der Waals surface area contributed by atoms with E-state index in [1.54, 1.807) is 12.1 Å². The molecule has 1 aliphatic carbocycles. The van der Waals surface area contributed by atoms with Gasteiger partial charge in [-0.25, -0.2) is 4.79 Å². The van der Waals surface area contributed by atoms with Gasteiger partial charge in [-0.2, -0.15) is 0 Å². The molecule has 4 heteroatoms. The summed E-state index contributed by atoms with van der Waals surface area (Å²) in [6, 6.07) is 5.75. The average Bonchev–Trinajstić information content (AvgIpc) is 2.38. The summed E-state index contributed by atoms with van der Waals surface area (Å²) in [7, 11) is 0. The van der Waals surface area contributed by atoms with E-state index in [0.717, 1.165) is 31.4 Å². The van der Waals surface area contributed by atoms with Crippen LogP contribution in [0.3, 0.4) is 0 Å². The van der Waals surface area contributed by atoms with Crippen LogP contribution in [-0.2, 0) is 4.79 Å². The number of benzene rings is 1. The van der Waals surface area contributed by atoms with Crippen LogP contribution in [0.15, 0.2) is 24.3 Å². The van der Waals surface area contributed by atoms with Gasteiger partial charge in [0.05, 0.1) is 16.4 Å². The SMILES string of the molecule is CC1(C=C=O)CCCCC1Nc1cccc(N)c1Cl.